The van der Waals surface area contributed by atoms with E-state index in [1.807, 2.05) is 0 Å². The third-order valence-corrected chi connectivity index (χ3v) is 12.3. The maximum Gasteiger partial charge on any atom is 0.474 e. The first-order valence-corrected chi connectivity index (χ1v) is 14.7. The average molecular weight is 471 g/mol. The van der Waals surface area contributed by atoms with Gasteiger partial charge in [0.2, 0.25) is 0 Å². The molecular weight excluding hydrogens is 423 g/mol. The normalized spacial score (nSPS) is 45.1. The van der Waals surface area contributed by atoms with Crippen LogP contribution in [-0.2, 0) is 18.1 Å². The summed E-state index contributed by atoms with van der Waals surface area (Å²) in [5, 5.41) is 10.3. The van der Waals surface area contributed by atoms with Gasteiger partial charge in [0.05, 0.1) is 12.7 Å². The third kappa shape index (κ3) is 4.39. The van der Waals surface area contributed by atoms with Gasteiger partial charge in [-0.05, 0) is 117 Å². The Balaban J connectivity index is 1.37. The Labute approximate surface area is 196 Å². The Hall–Kier alpha value is 0.0700. The van der Waals surface area contributed by atoms with Crippen molar-refractivity contribution in [3.05, 3.63) is 0 Å². The van der Waals surface area contributed by atoms with E-state index in [0.29, 0.717) is 23.4 Å². The molecule has 4 aliphatic rings. The molecule has 32 heavy (non-hydrogen) atoms. The molecule has 4 fully saturated rings. The topological polar surface area (TPSA) is 65.0 Å². The van der Waals surface area contributed by atoms with E-state index >= 15 is 0 Å². The number of rotatable bonds is 8. The second kappa shape index (κ2) is 9.61. The van der Waals surface area contributed by atoms with Crippen LogP contribution in [0.1, 0.15) is 91.4 Å². The van der Waals surface area contributed by atoms with Gasteiger partial charge in [-0.3, -0.25) is 13.6 Å². The van der Waals surface area contributed by atoms with Gasteiger partial charge in [-0.1, -0.05) is 20.8 Å². The molecule has 1 N–H and O–H groups in total. The average Bonchev–Trinajstić information content (AvgIpc) is 3.14. The number of phosphoric ester groups is 1. The molecule has 0 aliphatic heterocycles. The maximum absolute atomic E-state index is 12.1. The Bertz CT molecular complexity index is 692. The van der Waals surface area contributed by atoms with E-state index in [1.165, 1.54) is 59.2 Å². The maximum atomic E-state index is 12.1. The van der Waals surface area contributed by atoms with Crippen LogP contribution < -0.4 is 0 Å². The molecule has 0 aromatic heterocycles. The number of hydrogen-bond donors (Lipinski definition) is 1. The van der Waals surface area contributed by atoms with Crippen LogP contribution in [0.5, 0.6) is 0 Å². The van der Waals surface area contributed by atoms with Crippen molar-refractivity contribution in [2.24, 2.45) is 46.3 Å². The largest absolute Gasteiger partial charge is 0.474 e. The predicted octanol–water partition coefficient (Wildman–Crippen LogP) is 6.84. The van der Waals surface area contributed by atoms with Gasteiger partial charge in [-0.2, -0.15) is 0 Å². The van der Waals surface area contributed by atoms with Gasteiger partial charge < -0.3 is 5.11 Å². The second-order valence-corrected chi connectivity index (χ2v) is 14.0. The van der Waals surface area contributed by atoms with Crippen molar-refractivity contribution in [2.45, 2.75) is 97.5 Å². The van der Waals surface area contributed by atoms with Crippen molar-refractivity contribution in [3.63, 3.8) is 0 Å². The molecule has 0 heterocycles. The van der Waals surface area contributed by atoms with Crippen LogP contribution in [0.25, 0.3) is 0 Å². The number of aliphatic hydroxyl groups excluding tert-OH is 1. The zero-order valence-corrected chi connectivity index (χ0v) is 21.9. The van der Waals surface area contributed by atoms with Crippen LogP contribution in [0.2, 0.25) is 0 Å². The molecule has 0 bridgehead atoms. The number of phosphoric acid groups is 1. The molecule has 9 atom stereocenters. The van der Waals surface area contributed by atoms with Gasteiger partial charge in [0.25, 0.3) is 0 Å². The smallest absolute Gasteiger partial charge is 0.393 e. The molecule has 4 rings (SSSR count). The van der Waals surface area contributed by atoms with Crippen LogP contribution in [0.3, 0.4) is 0 Å². The van der Waals surface area contributed by atoms with Crippen LogP contribution in [0.15, 0.2) is 0 Å². The van der Waals surface area contributed by atoms with Crippen molar-refractivity contribution < 1.29 is 23.2 Å². The monoisotopic (exact) mass is 470 g/mol. The molecule has 5 nitrogen and oxygen atoms in total. The highest BCUT2D eigenvalue weighted by Gasteiger charge is 2.60. The SMILES string of the molecule is COP(=O)(OC)OCCCC(C)C1CCC2C3CCC4C[C@H](O)CCC4(C)C3CCC12C. The molecule has 0 aromatic rings. The molecule has 0 spiro atoms. The van der Waals surface area contributed by atoms with Gasteiger partial charge >= 0.3 is 7.82 Å². The molecule has 6 heteroatoms. The lowest BCUT2D eigenvalue weighted by Gasteiger charge is -2.61. The first-order chi connectivity index (χ1) is 15.2. The standard InChI is InChI=1S/C26H47O5P/c1-18(7-6-16-31-32(28,29-4)30-5)22-10-11-23-21-9-8-19-17-20(27)12-14-25(19,2)24(21)13-15-26(22,23)3/h18-24,27H,6-17H2,1-5H3/t18?,19?,20-,21?,22?,23?,24?,25?,26?/m1/s1. The summed E-state index contributed by atoms with van der Waals surface area (Å²) in [7, 11) is -0.624. The van der Waals surface area contributed by atoms with Crippen molar-refractivity contribution in [2.75, 3.05) is 20.8 Å². The summed E-state index contributed by atoms with van der Waals surface area (Å²) in [5.41, 5.74) is 0.925. The zero-order valence-electron chi connectivity index (χ0n) is 21.1. The minimum absolute atomic E-state index is 0.0548. The molecule has 0 aromatic carbocycles. The van der Waals surface area contributed by atoms with E-state index < -0.39 is 7.82 Å². The first-order valence-electron chi connectivity index (χ1n) is 13.2. The first kappa shape index (κ1) is 25.2. The van der Waals surface area contributed by atoms with Gasteiger partial charge in [0.1, 0.15) is 0 Å². The Morgan fingerprint density at radius 3 is 2.38 bits per heavy atom. The second-order valence-electron chi connectivity index (χ2n) is 12.1. The molecule has 0 radical (unpaired) electrons. The summed E-state index contributed by atoms with van der Waals surface area (Å²) >= 11 is 0. The fourth-order valence-electron chi connectivity index (χ4n) is 9.17. The van der Waals surface area contributed by atoms with Crippen LogP contribution >= 0.6 is 7.82 Å². The van der Waals surface area contributed by atoms with Crippen LogP contribution in [0, 0.1) is 46.3 Å². The third-order valence-electron chi connectivity index (χ3n) is 10.9. The Kier molecular flexibility index (Phi) is 7.56. The number of aliphatic hydroxyl groups is 1. The van der Waals surface area contributed by atoms with Gasteiger partial charge in [-0.25, -0.2) is 4.57 Å². The lowest BCUT2D eigenvalue weighted by Crippen LogP contribution is -2.54. The van der Waals surface area contributed by atoms with E-state index in [2.05, 4.69) is 20.8 Å². The molecule has 186 valence electrons. The number of fused-ring (bicyclic) bond motifs is 5. The fourth-order valence-corrected chi connectivity index (χ4v) is 9.89. The summed E-state index contributed by atoms with van der Waals surface area (Å²) in [5.74, 6) is 4.81. The summed E-state index contributed by atoms with van der Waals surface area (Å²) < 4.78 is 27.3. The van der Waals surface area contributed by atoms with Crippen molar-refractivity contribution in [1.82, 2.24) is 0 Å². The van der Waals surface area contributed by atoms with E-state index in [1.54, 1.807) is 0 Å². The minimum Gasteiger partial charge on any atom is -0.393 e. The Morgan fingerprint density at radius 1 is 0.969 bits per heavy atom. The van der Waals surface area contributed by atoms with E-state index in [4.69, 9.17) is 13.6 Å². The lowest BCUT2D eigenvalue weighted by atomic mass is 9.44. The van der Waals surface area contributed by atoms with Gasteiger partial charge in [-0.15, -0.1) is 0 Å². The summed E-state index contributed by atoms with van der Waals surface area (Å²) in [6, 6.07) is 0. The Morgan fingerprint density at radius 2 is 1.66 bits per heavy atom. The fraction of sp³-hybridized carbons (Fsp3) is 1.00. The summed E-state index contributed by atoms with van der Waals surface area (Å²) in [6.45, 7) is 8.04. The quantitative estimate of drug-likeness (QED) is 0.311. The van der Waals surface area contributed by atoms with E-state index in [0.717, 1.165) is 55.3 Å². The summed E-state index contributed by atoms with van der Waals surface area (Å²) in [6.07, 6.45) is 13.5. The molecule has 4 aliphatic carbocycles. The summed E-state index contributed by atoms with van der Waals surface area (Å²) in [4.78, 5) is 0. The molecule has 8 unspecified atom stereocenters. The molecule has 0 saturated heterocycles. The van der Waals surface area contributed by atoms with E-state index in [-0.39, 0.29) is 6.10 Å². The molecular formula is C26H47O5P. The molecule has 0 amide bonds. The highest BCUT2D eigenvalue weighted by Crippen LogP contribution is 2.68. The highest BCUT2D eigenvalue weighted by molar-refractivity contribution is 7.48. The van der Waals surface area contributed by atoms with Gasteiger partial charge in [0.15, 0.2) is 0 Å². The van der Waals surface area contributed by atoms with E-state index in [9.17, 15) is 9.67 Å². The van der Waals surface area contributed by atoms with Crippen molar-refractivity contribution >= 4 is 7.82 Å². The predicted molar refractivity (Wildman–Crippen MR) is 127 cm³/mol. The number of hydrogen-bond acceptors (Lipinski definition) is 5. The van der Waals surface area contributed by atoms with Crippen LogP contribution in [-0.4, -0.2) is 32.0 Å². The van der Waals surface area contributed by atoms with Gasteiger partial charge in [0, 0.05) is 14.2 Å². The van der Waals surface area contributed by atoms with Crippen LogP contribution in [0.4, 0.5) is 0 Å². The van der Waals surface area contributed by atoms with Crippen molar-refractivity contribution in [1.29, 1.82) is 0 Å². The molecule has 4 saturated carbocycles. The minimum atomic E-state index is -3.36. The lowest BCUT2D eigenvalue weighted by molar-refractivity contribution is -0.129. The zero-order chi connectivity index (χ0) is 23.1. The highest BCUT2D eigenvalue weighted by atomic mass is 31.2. The van der Waals surface area contributed by atoms with Crippen molar-refractivity contribution in [3.8, 4) is 0 Å².